The first-order chi connectivity index (χ1) is 19.2. The van der Waals surface area contributed by atoms with Gasteiger partial charge in [0.2, 0.25) is 0 Å². The number of hydrogen-bond acceptors (Lipinski definition) is 3. The van der Waals surface area contributed by atoms with Crippen molar-refractivity contribution in [3.8, 4) is 0 Å². The summed E-state index contributed by atoms with van der Waals surface area (Å²) in [5.41, 5.74) is 0. The second-order valence-corrected chi connectivity index (χ2v) is 14.4. The maximum absolute atomic E-state index is 2.46. The molecule has 0 amide bonds. The lowest BCUT2D eigenvalue weighted by Gasteiger charge is -1.94. The Morgan fingerprint density at radius 1 is 0.462 bits per heavy atom. The third-order valence-electron chi connectivity index (χ3n) is 7.72. The summed E-state index contributed by atoms with van der Waals surface area (Å²) in [6.45, 7) is 4.55. The van der Waals surface area contributed by atoms with Crippen LogP contribution in [0, 0.1) is 0 Å². The summed E-state index contributed by atoms with van der Waals surface area (Å²) in [4.78, 5) is 3.07. The van der Waals surface area contributed by atoms with E-state index in [0.29, 0.717) is 0 Å². The van der Waals surface area contributed by atoms with Crippen molar-refractivity contribution in [1.82, 2.24) is 0 Å². The molecule has 3 aromatic heterocycles. The minimum atomic E-state index is 1.19. The molecule has 0 atom stereocenters. The summed E-state index contributed by atoms with van der Waals surface area (Å²) in [7, 11) is 0. The number of hydrogen-bond donors (Lipinski definition) is 0. The molecule has 0 unspecified atom stereocenters. The van der Waals surface area contributed by atoms with E-state index < -0.39 is 0 Å². The minimum absolute atomic E-state index is 1.19. The smallest absolute Gasteiger partial charge is 0.0369 e. The maximum Gasteiger partial charge on any atom is 0.0369 e. The molecule has 2 aromatic carbocycles. The van der Waals surface area contributed by atoms with Gasteiger partial charge in [0.25, 0.3) is 0 Å². The van der Waals surface area contributed by atoms with Crippen LogP contribution in [0.3, 0.4) is 0 Å². The Hall–Kier alpha value is -1.94. The fourth-order valence-corrected chi connectivity index (χ4v) is 9.04. The van der Waals surface area contributed by atoms with Crippen molar-refractivity contribution in [2.45, 2.75) is 104 Å². The monoisotopic (exact) mass is 572 g/mol. The molecule has 3 heteroatoms. The number of aryl methyl sites for hydroxylation is 2. The standard InChI is InChI=1S/C36H44S3/c1-3-5-7-9-11-13-15-17-19-29-21-27-23-31-32-24-28-22-30(20-18-16-14-12-10-8-6-4-2)38-34(28)26-36(32)39-35(31)25-33(27)37-29/h11-14,21-26H,3-10,15-20H2,1-2H3/b13-11-,14-12-. The third-order valence-corrected chi connectivity index (χ3v) is 11.1. The first-order valence-electron chi connectivity index (χ1n) is 15.4. The van der Waals surface area contributed by atoms with E-state index >= 15 is 0 Å². The molecule has 0 aliphatic heterocycles. The first kappa shape index (κ1) is 28.6. The van der Waals surface area contributed by atoms with E-state index in [2.05, 4.69) is 74.5 Å². The van der Waals surface area contributed by atoms with Gasteiger partial charge >= 0.3 is 0 Å². The van der Waals surface area contributed by atoms with Crippen molar-refractivity contribution >= 4 is 74.4 Å². The van der Waals surface area contributed by atoms with Crippen molar-refractivity contribution in [1.29, 1.82) is 0 Å². The van der Waals surface area contributed by atoms with Crippen LogP contribution in [-0.2, 0) is 12.8 Å². The van der Waals surface area contributed by atoms with Crippen LogP contribution < -0.4 is 0 Å². The Balaban J connectivity index is 1.22. The van der Waals surface area contributed by atoms with E-state index in [1.807, 2.05) is 34.0 Å². The fraction of sp³-hybridized carbons (Fsp3) is 0.444. The zero-order valence-corrected chi connectivity index (χ0v) is 26.3. The highest BCUT2D eigenvalue weighted by atomic mass is 32.1. The van der Waals surface area contributed by atoms with Gasteiger partial charge in [-0.15, -0.1) is 34.0 Å². The Morgan fingerprint density at radius 2 is 0.897 bits per heavy atom. The summed E-state index contributed by atoms with van der Waals surface area (Å²) in [6, 6.07) is 14.7. The van der Waals surface area contributed by atoms with E-state index in [9.17, 15) is 0 Å². The molecule has 39 heavy (non-hydrogen) atoms. The van der Waals surface area contributed by atoms with E-state index in [4.69, 9.17) is 0 Å². The Labute approximate surface area is 247 Å². The van der Waals surface area contributed by atoms with Gasteiger partial charge in [-0.3, -0.25) is 0 Å². The van der Waals surface area contributed by atoms with E-state index in [1.54, 1.807) is 0 Å². The third kappa shape index (κ3) is 7.63. The second-order valence-electron chi connectivity index (χ2n) is 11.0. The van der Waals surface area contributed by atoms with Crippen LogP contribution in [0.1, 0.15) is 101 Å². The van der Waals surface area contributed by atoms with Gasteiger partial charge in [0.05, 0.1) is 0 Å². The molecule has 5 rings (SSSR count). The number of unbranched alkanes of at least 4 members (excludes halogenated alkanes) is 8. The zero-order valence-electron chi connectivity index (χ0n) is 23.9. The highest BCUT2D eigenvalue weighted by Gasteiger charge is 2.12. The summed E-state index contributed by atoms with van der Waals surface area (Å²) < 4.78 is 5.76. The van der Waals surface area contributed by atoms with Gasteiger partial charge in [-0.1, -0.05) is 63.8 Å². The molecule has 0 aliphatic carbocycles. The molecular formula is C36H44S3. The van der Waals surface area contributed by atoms with Gasteiger partial charge in [0.1, 0.15) is 0 Å². The van der Waals surface area contributed by atoms with Crippen LogP contribution in [0.25, 0.3) is 40.3 Å². The van der Waals surface area contributed by atoms with Gasteiger partial charge in [0.15, 0.2) is 0 Å². The Bertz CT molecular complexity index is 1420. The fourth-order valence-electron chi connectivity index (χ4n) is 5.49. The number of benzene rings is 2. The molecule has 5 aromatic rings. The molecule has 0 nitrogen and oxygen atoms in total. The van der Waals surface area contributed by atoms with Crippen molar-refractivity contribution in [3.63, 3.8) is 0 Å². The van der Waals surface area contributed by atoms with Gasteiger partial charge in [-0.25, -0.2) is 0 Å². The second kappa shape index (κ2) is 14.6. The average molecular weight is 573 g/mol. The van der Waals surface area contributed by atoms with Crippen molar-refractivity contribution in [2.75, 3.05) is 0 Å². The lowest BCUT2D eigenvalue weighted by atomic mass is 10.1. The lowest BCUT2D eigenvalue weighted by molar-refractivity contribution is 0.727. The van der Waals surface area contributed by atoms with Gasteiger partial charge in [-0.2, -0.15) is 0 Å². The zero-order chi connectivity index (χ0) is 26.9. The number of rotatable bonds is 16. The van der Waals surface area contributed by atoms with Crippen LogP contribution in [-0.4, -0.2) is 0 Å². The highest BCUT2D eigenvalue weighted by molar-refractivity contribution is 7.27. The minimum Gasteiger partial charge on any atom is -0.140 e. The predicted octanol–water partition coefficient (Wildman–Crippen LogP) is 13.4. The summed E-state index contributed by atoms with van der Waals surface area (Å²) >= 11 is 5.97. The Kier molecular flexibility index (Phi) is 10.7. The average Bonchev–Trinajstić information content (AvgIpc) is 3.62. The highest BCUT2D eigenvalue weighted by Crippen LogP contribution is 2.42. The Morgan fingerprint density at radius 3 is 1.33 bits per heavy atom. The van der Waals surface area contributed by atoms with Crippen molar-refractivity contribution in [3.05, 3.63) is 70.5 Å². The van der Waals surface area contributed by atoms with Crippen LogP contribution in [0.2, 0.25) is 0 Å². The van der Waals surface area contributed by atoms with E-state index in [-0.39, 0.29) is 0 Å². The summed E-state index contributed by atoms with van der Waals surface area (Å²) in [5.74, 6) is 0. The van der Waals surface area contributed by atoms with Crippen molar-refractivity contribution < 1.29 is 0 Å². The maximum atomic E-state index is 2.46. The summed E-state index contributed by atoms with van der Waals surface area (Å²) in [5, 5.41) is 5.71. The van der Waals surface area contributed by atoms with Crippen LogP contribution in [0.5, 0.6) is 0 Å². The predicted molar refractivity (Wildman–Crippen MR) is 183 cm³/mol. The number of fused-ring (bicyclic) bond motifs is 5. The molecule has 0 bridgehead atoms. The van der Waals surface area contributed by atoms with Gasteiger partial charge in [0, 0.05) is 39.3 Å². The van der Waals surface area contributed by atoms with Crippen LogP contribution >= 0.6 is 34.0 Å². The largest absolute Gasteiger partial charge is 0.140 e. The lowest BCUT2D eigenvalue weighted by Crippen LogP contribution is -1.78. The SMILES string of the molecule is CCCCC/C=C\CCCc1cc2cc3c(cc2s1)sc1cc2sc(CCC/C=C\CCCCC)cc2cc13. The number of thiophene rings is 3. The molecule has 0 N–H and O–H groups in total. The molecule has 0 saturated carbocycles. The van der Waals surface area contributed by atoms with Crippen LogP contribution in [0.15, 0.2) is 60.7 Å². The first-order valence-corrected chi connectivity index (χ1v) is 17.8. The van der Waals surface area contributed by atoms with Crippen LogP contribution in [0.4, 0.5) is 0 Å². The molecule has 206 valence electrons. The molecule has 3 heterocycles. The molecule has 0 fully saturated rings. The van der Waals surface area contributed by atoms with Gasteiger partial charge in [-0.05, 0) is 111 Å². The quantitative estimate of drug-likeness (QED) is 0.0814. The summed E-state index contributed by atoms with van der Waals surface area (Å²) in [6.07, 6.45) is 27.4. The normalized spacial score (nSPS) is 12.6. The van der Waals surface area contributed by atoms with Gasteiger partial charge < -0.3 is 0 Å². The number of allylic oxidation sites excluding steroid dienone is 4. The molecule has 0 radical (unpaired) electrons. The topological polar surface area (TPSA) is 0 Å². The van der Waals surface area contributed by atoms with E-state index in [1.165, 1.54) is 140 Å². The van der Waals surface area contributed by atoms with Crippen molar-refractivity contribution in [2.24, 2.45) is 0 Å². The molecule has 0 aliphatic rings. The molecular weight excluding hydrogens is 529 g/mol. The molecule has 0 saturated heterocycles. The van der Waals surface area contributed by atoms with E-state index in [0.717, 1.165) is 0 Å². The molecule has 0 spiro atoms.